The van der Waals surface area contributed by atoms with Gasteiger partial charge in [-0.1, -0.05) is 102 Å². The number of thioether (sulfide) groups is 2. The molecule has 3 atom stereocenters. The lowest BCUT2D eigenvalue weighted by Crippen LogP contribution is -2.39. The molecule has 41 heavy (non-hydrogen) atoms. The van der Waals surface area contributed by atoms with Gasteiger partial charge in [-0.15, -0.1) is 0 Å². The normalized spacial score (nSPS) is 19.5. The highest BCUT2D eigenvalue weighted by atomic mass is 32.2. The molecule has 0 aromatic heterocycles. The van der Waals surface area contributed by atoms with Crippen molar-refractivity contribution in [3.8, 4) is 0 Å². The first-order valence-corrected chi connectivity index (χ1v) is 19.1. The number of ether oxygens (including phenoxy) is 3. The highest BCUT2D eigenvalue weighted by Crippen LogP contribution is 2.41. The third-order valence-corrected chi connectivity index (χ3v) is 10.6. The summed E-state index contributed by atoms with van der Waals surface area (Å²) in [6, 6.07) is 0. The Morgan fingerprint density at radius 1 is 0.610 bits per heavy atom. The molecule has 3 unspecified atom stereocenters. The molecule has 0 saturated heterocycles. The zero-order chi connectivity index (χ0) is 30.2. The predicted molar refractivity (Wildman–Crippen MR) is 177 cm³/mol. The standard InChI is InChI=1S/C34H64O5S2/c1-6-32(35)40-26-23-29-21-22-30(24-27-41-33(36)7-2)31(28-29)20-18-16-14-12-11-13-15-17-19-25-34(37-8-3,38-9-4)39-10-5/h29-31H,6-28H2,1-5H3. The molecule has 7 heteroatoms. The summed E-state index contributed by atoms with van der Waals surface area (Å²) in [4.78, 5) is 23.5. The Kier molecular flexibility index (Phi) is 24.0. The Bertz CT molecular complexity index is 642. The van der Waals surface area contributed by atoms with Gasteiger partial charge in [0.2, 0.25) is 0 Å². The smallest absolute Gasteiger partial charge is 0.282 e. The van der Waals surface area contributed by atoms with Crippen molar-refractivity contribution in [1.29, 1.82) is 0 Å². The Morgan fingerprint density at radius 2 is 1.10 bits per heavy atom. The van der Waals surface area contributed by atoms with Gasteiger partial charge >= 0.3 is 0 Å². The number of unbranched alkanes of at least 4 members (excludes halogenated alkanes) is 8. The van der Waals surface area contributed by atoms with Gasteiger partial charge in [0.15, 0.2) is 10.2 Å². The third kappa shape index (κ3) is 18.4. The molecule has 1 fully saturated rings. The van der Waals surface area contributed by atoms with Gasteiger partial charge in [0.1, 0.15) is 0 Å². The Labute approximate surface area is 262 Å². The Balaban J connectivity index is 2.28. The minimum Gasteiger partial charge on any atom is -0.328 e. The highest BCUT2D eigenvalue weighted by molar-refractivity contribution is 8.13. The van der Waals surface area contributed by atoms with Gasteiger partial charge in [-0.3, -0.25) is 9.59 Å². The largest absolute Gasteiger partial charge is 0.328 e. The Morgan fingerprint density at radius 3 is 1.61 bits per heavy atom. The minimum atomic E-state index is -0.853. The summed E-state index contributed by atoms with van der Waals surface area (Å²) in [5.41, 5.74) is 0. The van der Waals surface area contributed by atoms with E-state index in [0.717, 1.165) is 42.1 Å². The average Bonchev–Trinajstić information content (AvgIpc) is 2.97. The van der Waals surface area contributed by atoms with Crippen molar-refractivity contribution < 1.29 is 23.8 Å². The summed E-state index contributed by atoms with van der Waals surface area (Å²) in [5.74, 6) is 3.48. The van der Waals surface area contributed by atoms with Crippen molar-refractivity contribution in [1.82, 2.24) is 0 Å². The van der Waals surface area contributed by atoms with E-state index in [1.54, 1.807) is 11.8 Å². The third-order valence-electron chi connectivity index (χ3n) is 8.52. The first-order chi connectivity index (χ1) is 19.9. The maximum Gasteiger partial charge on any atom is 0.282 e. The molecule has 0 aromatic carbocycles. The minimum absolute atomic E-state index is 0.333. The fourth-order valence-corrected chi connectivity index (χ4v) is 8.01. The molecule has 242 valence electrons. The molecule has 1 aliphatic carbocycles. The van der Waals surface area contributed by atoms with E-state index in [0.29, 0.717) is 42.9 Å². The van der Waals surface area contributed by atoms with Crippen molar-refractivity contribution in [3.05, 3.63) is 0 Å². The van der Waals surface area contributed by atoms with Crippen LogP contribution in [0.4, 0.5) is 0 Å². The van der Waals surface area contributed by atoms with Crippen LogP contribution >= 0.6 is 23.5 Å². The lowest BCUT2D eigenvalue weighted by atomic mass is 9.70. The summed E-state index contributed by atoms with van der Waals surface area (Å²) < 4.78 is 17.5. The fraction of sp³-hybridized carbons (Fsp3) is 0.941. The molecule has 0 bridgehead atoms. The SMILES string of the molecule is CCOC(CCCCCCCCCCCC1CC(CCSC(=O)CC)CCC1CCSC(=O)CC)(OCC)OCC. The molecule has 0 amide bonds. The van der Waals surface area contributed by atoms with Crippen LogP contribution in [0.5, 0.6) is 0 Å². The van der Waals surface area contributed by atoms with Gasteiger partial charge in [-0.2, -0.15) is 0 Å². The molecule has 0 aliphatic heterocycles. The number of hydrogen-bond donors (Lipinski definition) is 0. The number of rotatable bonds is 26. The van der Waals surface area contributed by atoms with E-state index in [2.05, 4.69) is 0 Å². The highest BCUT2D eigenvalue weighted by Gasteiger charge is 2.32. The van der Waals surface area contributed by atoms with Crippen molar-refractivity contribution in [3.63, 3.8) is 0 Å². The topological polar surface area (TPSA) is 61.8 Å². The quantitative estimate of drug-likeness (QED) is 0.0708. The lowest BCUT2D eigenvalue weighted by Gasteiger charge is -2.36. The van der Waals surface area contributed by atoms with Crippen molar-refractivity contribution in [2.45, 2.75) is 156 Å². The van der Waals surface area contributed by atoms with E-state index in [4.69, 9.17) is 14.2 Å². The second-order valence-electron chi connectivity index (χ2n) is 11.6. The maximum atomic E-state index is 11.8. The molecule has 0 heterocycles. The van der Waals surface area contributed by atoms with Crippen LogP contribution in [0.25, 0.3) is 0 Å². The van der Waals surface area contributed by atoms with Crippen LogP contribution in [-0.2, 0) is 23.8 Å². The second kappa shape index (κ2) is 25.3. The van der Waals surface area contributed by atoms with Gasteiger partial charge in [0.05, 0.1) is 0 Å². The molecular formula is C34H64O5S2. The fourth-order valence-electron chi connectivity index (χ4n) is 6.27. The van der Waals surface area contributed by atoms with Crippen molar-refractivity contribution >= 4 is 33.8 Å². The van der Waals surface area contributed by atoms with E-state index < -0.39 is 5.97 Å². The monoisotopic (exact) mass is 616 g/mol. The van der Waals surface area contributed by atoms with Crippen molar-refractivity contribution in [2.75, 3.05) is 31.3 Å². The lowest BCUT2D eigenvalue weighted by molar-refractivity contribution is -0.380. The first-order valence-electron chi connectivity index (χ1n) is 17.2. The Hall–Kier alpha value is -0.0800. The molecule has 1 saturated carbocycles. The molecule has 1 rings (SSSR count). The molecular weight excluding hydrogens is 553 g/mol. The number of hydrogen-bond acceptors (Lipinski definition) is 7. The van der Waals surface area contributed by atoms with Crippen LogP contribution in [0.2, 0.25) is 0 Å². The molecule has 0 aromatic rings. The van der Waals surface area contributed by atoms with Crippen LogP contribution in [0, 0.1) is 17.8 Å². The molecule has 0 N–H and O–H groups in total. The predicted octanol–water partition coefficient (Wildman–Crippen LogP) is 10.2. The van der Waals surface area contributed by atoms with Crippen LogP contribution < -0.4 is 0 Å². The van der Waals surface area contributed by atoms with E-state index in [-0.39, 0.29) is 0 Å². The summed E-state index contributed by atoms with van der Waals surface area (Å²) in [5, 5.41) is 0.669. The van der Waals surface area contributed by atoms with Gasteiger partial charge in [0, 0.05) is 50.6 Å². The maximum absolute atomic E-state index is 11.8. The summed E-state index contributed by atoms with van der Waals surface area (Å²) in [6.07, 6.45) is 21.3. The zero-order valence-corrected chi connectivity index (χ0v) is 29.0. The molecule has 1 aliphatic rings. The van der Waals surface area contributed by atoms with Gasteiger partial charge in [-0.05, 0) is 70.6 Å². The number of carbonyl (C=O) groups is 2. The van der Waals surface area contributed by atoms with Crippen LogP contribution in [-0.4, -0.2) is 47.5 Å². The van der Waals surface area contributed by atoms with Crippen LogP contribution in [0.1, 0.15) is 150 Å². The van der Waals surface area contributed by atoms with E-state index >= 15 is 0 Å². The van der Waals surface area contributed by atoms with Crippen LogP contribution in [0.15, 0.2) is 0 Å². The van der Waals surface area contributed by atoms with Crippen molar-refractivity contribution in [2.24, 2.45) is 17.8 Å². The van der Waals surface area contributed by atoms with Gasteiger partial charge in [-0.25, -0.2) is 0 Å². The molecule has 0 spiro atoms. The first kappa shape index (κ1) is 38.9. The summed E-state index contributed by atoms with van der Waals surface area (Å²) in [7, 11) is 0. The van der Waals surface area contributed by atoms with E-state index in [9.17, 15) is 9.59 Å². The zero-order valence-electron chi connectivity index (χ0n) is 27.4. The summed E-state index contributed by atoms with van der Waals surface area (Å²) >= 11 is 3.08. The van der Waals surface area contributed by atoms with Crippen LogP contribution in [0.3, 0.4) is 0 Å². The van der Waals surface area contributed by atoms with E-state index in [1.807, 2.05) is 34.6 Å². The molecule has 5 nitrogen and oxygen atoms in total. The average molecular weight is 617 g/mol. The molecule has 0 radical (unpaired) electrons. The number of carbonyl (C=O) groups excluding carboxylic acids is 2. The second-order valence-corrected chi connectivity index (χ2v) is 13.9. The van der Waals surface area contributed by atoms with Gasteiger partial charge < -0.3 is 14.2 Å². The van der Waals surface area contributed by atoms with E-state index in [1.165, 1.54) is 102 Å². The summed E-state index contributed by atoms with van der Waals surface area (Å²) in [6.45, 7) is 11.7. The van der Waals surface area contributed by atoms with Gasteiger partial charge in [0.25, 0.3) is 5.97 Å².